The molecule has 0 spiro atoms. The Morgan fingerprint density at radius 2 is 2.15 bits per heavy atom. The summed E-state index contributed by atoms with van der Waals surface area (Å²) in [6.45, 7) is 7.29. The van der Waals surface area contributed by atoms with Gasteiger partial charge in [0.2, 0.25) is 0 Å². The van der Waals surface area contributed by atoms with Crippen LogP contribution in [-0.2, 0) is 4.74 Å². The van der Waals surface area contributed by atoms with E-state index >= 15 is 0 Å². The van der Waals surface area contributed by atoms with E-state index in [1.54, 1.807) is 0 Å². The molecule has 0 aliphatic carbocycles. The fourth-order valence-electron chi connectivity index (χ4n) is 2.87. The van der Waals surface area contributed by atoms with Crippen LogP contribution in [0.25, 0.3) is 0 Å². The Hall–Kier alpha value is -0.280. The zero-order valence-corrected chi connectivity index (χ0v) is 13.9. The predicted octanol–water partition coefficient (Wildman–Crippen LogP) is 4.99. The van der Waals surface area contributed by atoms with Gasteiger partial charge in [0.25, 0.3) is 0 Å². The van der Waals surface area contributed by atoms with Crippen LogP contribution in [0, 0.1) is 0 Å². The molecule has 1 saturated heterocycles. The number of hydrogen-bond acceptors (Lipinski definition) is 2. The Kier molecular flexibility index (Phi) is 5.36. The molecule has 1 heterocycles. The minimum atomic E-state index is -0.0437. The van der Waals surface area contributed by atoms with Crippen molar-refractivity contribution in [3.8, 4) is 0 Å². The van der Waals surface area contributed by atoms with Crippen molar-refractivity contribution >= 4 is 23.2 Å². The van der Waals surface area contributed by atoms with Gasteiger partial charge >= 0.3 is 0 Å². The maximum absolute atomic E-state index is 6.33. The molecule has 0 amide bonds. The SMILES string of the molecule is CCC(NC1CCOC(C)(C)C1)c1ccc(Cl)cc1Cl. The molecular weight excluding hydrogens is 293 g/mol. The monoisotopic (exact) mass is 315 g/mol. The van der Waals surface area contributed by atoms with Crippen molar-refractivity contribution in [1.29, 1.82) is 0 Å². The first kappa shape index (κ1) is 16.1. The average Bonchev–Trinajstić information content (AvgIpc) is 2.35. The van der Waals surface area contributed by atoms with Crippen molar-refractivity contribution in [3.05, 3.63) is 33.8 Å². The molecule has 20 heavy (non-hydrogen) atoms. The van der Waals surface area contributed by atoms with Crippen molar-refractivity contribution in [3.63, 3.8) is 0 Å². The second-order valence-electron chi connectivity index (χ2n) is 6.09. The summed E-state index contributed by atoms with van der Waals surface area (Å²) in [5, 5.41) is 5.15. The normalized spacial score (nSPS) is 23.6. The lowest BCUT2D eigenvalue weighted by atomic mass is 9.92. The van der Waals surface area contributed by atoms with Gasteiger partial charge in [0, 0.05) is 28.7 Å². The van der Waals surface area contributed by atoms with Gasteiger partial charge in [-0.15, -0.1) is 0 Å². The molecule has 0 saturated carbocycles. The molecule has 1 aliphatic heterocycles. The van der Waals surface area contributed by atoms with Crippen LogP contribution in [0.1, 0.15) is 51.6 Å². The summed E-state index contributed by atoms with van der Waals surface area (Å²) in [6.07, 6.45) is 3.07. The van der Waals surface area contributed by atoms with Crippen LogP contribution >= 0.6 is 23.2 Å². The summed E-state index contributed by atoms with van der Waals surface area (Å²) in [5.74, 6) is 0. The van der Waals surface area contributed by atoms with Crippen LogP contribution in [0.5, 0.6) is 0 Å². The molecule has 2 unspecified atom stereocenters. The highest BCUT2D eigenvalue weighted by Gasteiger charge is 2.30. The molecule has 112 valence electrons. The molecule has 0 bridgehead atoms. The lowest BCUT2D eigenvalue weighted by Crippen LogP contribution is -2.44. The number of benzene rings is 1. The van der Waals surface area contributed by atoms with Gasteiger partial charge in [-0.3, -0.25) is 0 Å². The Labute approximate surface area is 131 Å². The largest absolute Gasteiger partial charge is 0.375 e. The van der Waals surface area contributed by atoms with Gasteiger partial charge in [0.05, 0.1) is 5.60 Å². The number of nitrogens with one attached hydrogen (secondary N) is 1. The molecule has 2 nitrogen and oxygen atoms in total. The molecule has 1 N–H and O–H groups in total. The van der Waals surface area contributed by atoms with Gasteiger partial charge in [-0.05, 0) is 50.8 Å². The number of hydrogen-bond donors (Lipinski definition) is 1. The van der Waals surface area contributed by atoms with E-state index in [1.165, 1.54) is 0 Å². The van der Waals surface area contributed by atoms with Crippen molar-refractivity contribution in [2.75, 3.05) is 6.61 Å². The topological polar surface area (TPSA) is 21.3 Å². The number of halogens is 2. The minimum absolute atomic E-state index is 0.0437. The summed E-state index contributed by atoms with van der Waals surface area (Å²) in [5.41, 5.74) is 1.08. The fraction of sp³-hybridized carbons (Fsp3) is 0.625. The quantitative estimate of drug-likeness (QED) is 0.845. The molecular formula is C16H23Cl2NO. The molecule has 4 heteroatoms. The van der Waals surface area contributed by atoms with E-state index in [-0.39, 0.29) is 11.6 Å². The average molecular weight is 316 g/mol. The van der Waals surface area contributed by atoms with Gasteiger partial charge in [0.15, 0.2) is 0 Å². The Balaban J connectivity index is 2.09. The van der Waals surface area contributed by atoms with Crippen molar-refractivity contribution < 1.29 is 4.74 Å². The van der Waals surface area contributed by atoms with Crippen LogP contribution in [0.2, 0.25) is 10.0 Å². The van der Waals surface area contributed by atoms with E-state index < -0.39 is 0 Å². The van der Waals surface area contributed by atoms with Gasteiger partial charge < -0.3 is 10.1 Å². The number of rotatable bonds is 4. The van der Waals surface area contributed by atoms with Gasteiger partial charge in [-0.1, -0.05) is 36.2 Å². The molecule has 1 fully saturated rings. The summed E-state index contributed by atoms with van der Waals surface area (Å²) < 4.78 is 5.77. The first-order valence-corrected chi connectivity index (χ1v) is 8.02. The molecule has 0 radical (unpaired) electrons. The maximum Gasteiger partial charge on any atom is 0.0641 e. The highest BCUT2D eigenvalue weighted by Crippen LogP contribution is 2.31. The third kappa shape index (κ3) is 4.11. The third-order valence-electron chi connectivity index (χ3n) is 3.88. The fourth-order valence-corrected chi connectivity index (χ4v) is 3.41. The standard InChI is InChI=1S/C16H23Cl2NO/c1-4-15(13-6-5-11(17)9-14(13)18)19-12-7-8-20-16(2,3)10-12/h5-6,9,12,15,19H,4,7-8,10H2,1-3H3. The van der Waals surface area contributed by atoms with Gasteiger partial charge in [-0.2, -0.15) is 0 Å². The zero-order chi connectivity index (χ0) is 14.8. The second-order valence-corrected chi connectivity index (χ2v) is 6.93. The molecule has 1 aromatic carbocycles. The van der Waals surface area contributed by atoms with Crippen molar-refractivity contribution in [2.24, 2.45) is 0 Å². The first-order chi connectivity index (χ1) is 9.41. The molecule has 1 aromatic rings. The molecule has 2 rings (SSSR count). The van der Waals surface area contributed by atoms with Gasteiger partial charge in [-0.25, -0.2) is 0 Å². The van der Waals surface area contributed by atoms with E-state index in [2.05, 4.69) is 26.1 Å². The van der Waals surface area contributed by atoms with Crippen LogP contribution in [0.4, 0.5) is 0 Å². The zero-order valence-electron chi connectivity index (χ0n) is 12.4. The lowest BCUT2D eigenvalue weighted by Gasteiger charge is -2.37. The summed E-state index contributed by atoms with van der Waals surface area (Å²) >= 11 is 12.3. The van der Waals surface area contributed by atoms with Crippen LogP contribution in [-0.4, -0.2) is 18.2 Å². The molecule has 2 atom stereocenters. The van der Waals surface area contributed by atoms with Crippen molar-refractivity contribution in [2.45, 2.75) is 57.7 Å². The van der Waals surface area contributed by atoms with Gasteiger partial charge in [0.1, 0.15) is 0 Å². The van der Waals surface area contributed by atoms with Crippen molar-refractivity contribution in [1.82, 2.24) is 5.32 Å². The maximum atomic E-state index is 6.33. The molecule has 1 aliphatic rings. The van der Waals surface area contributed by atoms with E-state index in [0.29, 0.717) is 11.1 Å². The van der Waals surface area contributed by atoms with Crippen LogP contribution in [0.3, 0.4) is 0 Å². The van der Waals surface area contributed by atoms with E-state index in [4.69, 9.17) is 27.9 Å². The minimum Gasteiger partial charge on any atom is -0.375 e. The summed E-state index contributed by atoms with van der Waals surface area (Å²) in [7, 11) is 0. The van der Waals surface area contributed by atoms with E-state index in [9.17, 15) is 0 Å². The molecule has 0 aromatic heterocycles. The van der Waals surface area contributed by atoms with Crippen LogP contribution in [0.15, 0.2) is 18.2 Å². The lowest BCUT2D eigenvalue weighted by molar-refractivity contribution is -0.0642. The smallest absolute Gasteiger partial charge is 0.0641 e. The highest BCUT2D eigenvalue weighted by molar-refractivity contribution is 6.35. The van der Waals surface area contributed by atoms with E-state index in [1.807, 2.05) is 18.2 Å². The Morgan fingerprint density at radius 1 is 1.40 bits per heavy atom. The third-order valence-corrected chi connectivity index (χ3v) is 4.44. The highest BCUT2D eigenvalue weighted by atomic mass is 35.5. The second kappa shape index (κ2) is 6.65. The Bertz CT molecular complexity index is 462. The number of ether oxygens (including phenoxy) is 1. The van der Waals surface area contributed by atoms with E-state index in [0.717, 1.165) is 36.5 Å². The summed E-state index contributed by atoms with van der Waals surface area (Å²) in [6, 6.07) is 6.47. The Morgan fingerprint density at radius 3 is 2.75 bits per heavy atom. The predicted molar refractivity (Wildman–Crippen MR) is 85.7 cm³/mol. The summed E-state index contributed by atoms with van der Waals surface area (Å²) in [4.78, 5) is 0. The van der Waals surface area contributed by atoms with Crippen LogP contribution < -0.4 is 5.32 Å². The first-order valence-electron chi connectivity index (χ1n) is 7.26.